The van der Waals surface area contributed by atoms with Crippen molar-refractivity contribution in [2.45, 2.75) is 64.4 Å². The molecule has 2 aromatic heterocycles. The zero-order valence-electron chi connectivity index (χ0n) is 22.7. The van der Waals surface area contributed by atoms with Crippen LogP contribution in [-0.2, 0) is 14.0 Å². The number of ketones is 1. The first-order valence-electron chi connectivity index (χ1n) is 13.5. The number of hydrogen-bond acceptors (Lipinski definition) is 7. The second-order valence-corrected chi connectivity index (χ2v) is 11.1. The molecule has 1 atom stereocenters. The van der Waals surface area contributed by atoms with Gasteiger partial charge in [-0.3, -0.25) is 9.36 Å². The van der Waals surface area contributed by atoms with E-state index in [-0.39, 0.29) is 12.0 Å². The fourth-order valence-corrected chi connectivity index (χ4v) is 4.98. The van der Waals surface area contributed by atoms with Gasteiger partial charge in [0.05, 0.1) is 22.2 Å². The zero-order chi connectivity index (χ0) is 27.2. The van der Waals surface area contributed by atoms with Gasteiger partial charge in [0.15, 0.2) is 5.82 Å². The van der Waals surface area contributed by atoms with E-state index in [2.05, 4.69) is 4.98 Å². The highest BCUT2D eigenvalue weighted by molar-refractivity contribution is 6.63. The number of aromatic nitrogens is 3. The van der Waals surface area contributed by atoms with E-state index < -0.39 is 18.3 Å². The van der Waals surface area contributed by atoms with Crippen molar-refractivity contribution in [2.75, 3.05) is 6.61 Å². The third-order valence-electron chi connectivity index (χ3n) is 7.88. The Labute approximate surface area is 228 Å². The lowest BCUT2D eigenvalue weighted by Gasteiger charge is -2.32. The minimum atomic E-state index is -0.602. The molecule has 8 nitrogen and oxygen atoms in total. The van der Waals surface area contributed by atoms with Gasteiger partial charge in [0.2, 0.25) is 11.7 Å². The fourth-order valence-electron chi connectivity index (χ4n) is 4.98. The number of hydrogen-bond donors (Lipinski definition) is 0. The molecule has 200 valence electrons. The van der Waals surface area contributed by atoms with Crippen molar-refractivity contribution in [3.05, 3.63) is 78.2 Å². The largest absolute Gasteiger partial charge is 0.500 e. The molecule has 0 radical (unpaired) electrons. The van der Waals surface area contributed by atoms with E-state index >= 15 is 0 Å². The molecule has 2 aliphatic heterocycles. The quantitative estimate of drug-likeness (QED) is 0.244. The van der Waals surface area contributed by atoms with Gasteiger partial charge in [-0.15, -0.1) is 0 Å². The van der Waals surface area contributed by atoms with E-state index in [1.54, 1.807) is 30.5 Å². The van der Waals surface area contributed by atoms with Crippen LogP contribution in [0.25, 0.3) is 11.0 Å². The lowest BCUT2D eigenvalue weighted by molar-refractivity contribution is -0.0304. The highest BCUT2D eigenvalue weighted by Gasteiger charge is 2.52. The fraction of sp³-hybridized carbons (Fsp3) is 0.367. The molecule has 2 fully saturated rings. The second kappa shape index (κ2) is 9.90. The van der Waals surface area contributed by atoms with Crippen LogP contribution in [0.3, 0.4) is 0 Å². The van der Waals surface area contributed by atoms with Crippen molar-refractivity contribution in [1.29, 1.82) is 0 Å². The lowest BCUT2D eigenvalue weighted by Crippen LogP contribution is -2.41. The van der Waals surface area contributed by atoms with Crippen LogP contribution in [0.5, 0.6) is 11.6 Å². The van der Waals surface area contributed by atoms with Crippen LogP contribution in [0.15, 0.2) is 66.9 Å². The van der Waals surface area contributed by atoms with Crippen LogP contribution in [-0.4, -0.2) is 45.2 Å². The maximum Gasteiger partial charge on any atom is 0.500 e. The number of pyridine rings is 1. The monoisotopic (exact) mass is 525 g/mol. The van der Waals surface area contributed by atoms with Crippen molar-refractivity contribution >= 4 is 29.4 Å². The summed E-state index contributed by atoms with van der Waals surface area (Å²) in [5.74, 6) is 1.16. The molecule has 1 unspecified atom stereocenters. The third kappa shape index (κ3) is 4.75. The van der Waals surface area contributed by atoms with Crippen molar-refractivity contribution in [2.24, 2.45) is 0 Å². The number of benzene rings is 2. The molecule has 39 heavy (non-hydrogen) atoms. The number of imidazole rings is 1. The van der Waals surface area contributed by atoms with Gasteiger partial charge in [-0.1, -0.05) is 18.2 Å². The Morgan fingerprint density at radius 1 is 0.974 bits per heavy atom. The normalized spacial score (nSPS) is 20.3. The molecule has 4 aromatic rings. The van der Waals surface area contributed by atoms with Crippen LogP contribution in [0.1, 0.15) is 69.4 Å². The summed E-state index contributed by atoms with van der Waals surface area (Å²) >= 11 is 0. The van der Waals surface area contributed by atoms with Crippen molar-refractivity contribution in [1.82, 2.24) is 14.5 Å². The number of carbonyl (C=O) groups excluding carboxylic acids is 1. The van der Waals surface area contributed by atoms with Crippen LogP contribution < -0.4 is 10.2 Å². The highest BCUT2D eigenvalue weighted by atomic mass is 16.7. The molecule has 2 aromatic carbocycles. The topological polar surface area (TPSA) is 84.7 Å². The molecule has 9 heteroatoms. The molecule has 0 saturated carbocycles. The first-order valence-corrected chi connectivity index (χ1v) is 13.5. The minimum absolute atomic E-state index is 0.164. The molecule has 6 rings (SSSR count). The van der Waals surface area contributed by atoms with E-state index in [4.69, 9.17) is 23.8 Å². The molecule has 2 saturated heterocycles. The number of fused-ring (bicyclic) bond motifs is 1. The van der Waals surface area contributed by atoms with Crippen LogP contribution in [0.4, 0.5) is 0 Å². The molecule has 4 heterocycles. The standard InChI is InChI=1S/C30H32BN3O5/c1-29(2)30(3,4)39-31(38-29)22-10-9-18-32-28(22)37-21-16-14-20(15-17-21)26(35)27-33-23-11-5-6-12-24(23)34(27)25-13-7-8-19-36-25/h5-6,9-12,14-18,25H,7-8,13,19H2,1-4H3. The summed E-state index contributed by atoms with van der Waals surface area (Å²) < 4.78 is 26.6. The Hall–Kier alpha value is -3.53. The minimum Gasteiger partial charge on any atom is -0.439 e. The van der Waals surface area contributed by atoms with E-state index in [0.29, 0.717) is 35.1 Å². The van der Waals surface area contributed by atoms with Crippen LogP contribution in [0.2, 0.25) is 0 Å². The molecule has 0 aliphatic carbocycles. The predicted molar refractivity (Wildman–Crippen MR) is 148 cm³/mol. The Kier molecular flexibility index (Phi) is 6.53. The molecule has 0 bridgehead atoms. The summed E-state index contributed by atoms with van der Waals surface area (Å²) in [5, 5.41) is 0. The number of ether oxygens (including phenoxy) is 2. The predicted octanol–water partition coefficient (Wildman–Crippen LogP) is 5.45. The second-order valence-electron chi connectivity index (χ2n) is 11.1. The van der Waals surface area contributed by atoms with E-state index in [1.807, 2.05) is 68.7 Å². The van der Waals surface area contributed by atoms with E-state index in [1.165, 1.54) is 0 Å². The smallest absolute Gasteiger partial charge is 0.439 e. The molecule has 0 amide bonds. The zero-order valence-corrected chi connectivity index (χ0v) is 22.7. The first kappa shape index (κ1) is 25.7. The Balaban J connectivity index is 1.26. The van der Waals surface area contributed by atoms with Gasteiger partial charge in [-0.25, -0.2) is 9.97 Å². The highest BCUT2D eigenvalue weighted by Crippen LogP contribution is 2.37. The van der Waals surface area contributed by atoms with Gasteiger partial charge in [0.1, 0.15) is 12.0 Å². The van der Waals surface area contributed by atoms with Crippen LogP contribution >= 0.6 is 0 Å². The lowest BCUT2D eigenvalue weighted by atomic mass is 9.80. The number of para-hydroxylation sites is 2. The maximum atomic E-state index is 13.7. The Bertz CT molecular complexity index is 1490. The van der Waals surface area contributed by atoms with Crippen molar-refractivity contribution < 1.29 is 23.6 Å². The molecule has 2 aliphatic rings. The van der Waals surface area contributed by atoms with Gasteiger partial charge < -0.3 is 18.8 Å². The number of nitrogens with zero attached hydrogens (tertiary/aromatic N) is 3. The third-order valence-corrected chi connectivity index (χ3v) is 7.88. The summed E-state index contributed by atoms with van der Waals surface area (Å²) in [5.41, 5.74) is 1.94. The van der Waals surface area contributed by atoms with Crippen molar-refractivity contribution in [3.63, 3.8) is 0 Å². The summed E-state index contributed by atoms with van der Waals surface area (Å²) in [6, 6.07) is 18.5. The van der Waals surface area contributed by atoms with Gasteiger partial charge in [0.25, 0.3) is 0 Å². The van der Waals surface area contributed by atoms with Gasteiger partial charge >= 0.3 is 7.12 Å². The van der Waals surface area contributed by atoms with Crippen LogP contribution in [0, 0.1) is 0 Å². The number of carbonyl (C=O) groups is 1. The summed E-state index contributed by atoms with van der Waals surface area (Å²) in [6.45, 7) is 8.71. The van der Waals surface area contributed by atoms with E-state index in [9.17, 15) is 4.79 Å². The average Bonchev–Trinajstić information content (AvgIpc) is 3.43. The molecular formula is C30H32BN3O5. The van der Waals surface area contributed by atoms with E-state index in [0.717, 1.165) is 30.3 Å². The maximum absolute atomic E-state index is 13.7. The Morgan fingerprint density at radius 3 is 2.44 bits per heavy atom. The SMILES string of the molecule is CC1(C)OB(c2cccnc2Oc2ccc(C(=O)c3nc4ccccc4n3C3CCCCO3)cc2)OC1(C)C. The number of rotatable bonds is 6. The Morgan fingerprint density at radius 2 is 1.72 bits per heavy atom. The van der Waals surface area contributed by atoms with Gasteiger partial charge in [-0.2, -0.15) is 0 Å². The van der Waals surface area contributed by atoms with Gasteiger partial charge in [0, 0.05) is 23.8 Å². The molecular weight excluding hydrogens is 493 g/mol. The molecule has 0 spiro atoms. The summed E-state index contributed by atoms with van der Waals surface area (Å²) in [6.07, 6.45) is 4.39. The summed E-state index contributed by atoms with van der Waals surface area (Å²) in [7, 11) is -0.602. The summed E-state index contributed by atoms with van der Waals surface area (Å²) in [4.78, 5) is 22.8. The first-order chi connectivity index (χ1) is 18.7. The average molecular weight is 525 g/mol. The molecule has 0 N–H and O–H groups in total. The van der Waals surface area contributed by atoms with Crippen molar-refractivity contribution in [3.8, 4) is 11.6 Å². The van der Waals surface area contributed by atoms with Gasteiger partial charge in [-0.05, 0) is 89.4 Å².